The molecule has 0 atom stereocenters. The summed E-state index contributed by atoms with van der Waals surface area (Å²) in [6.45, 7) is 0. The second-order valence-corrected chi connectivity index (χ2v) is 14.0. The molecule has 243 valence electrons. The Labute approximate surface area is 329 Å². The molecule has 18 heteroatoms. The number of nitrogens with zero attached hydrogens (tertiary/aromatic N) is 8. The van der Waals surface area contributed by atoms with E-state index in [1.807, 2.05) is 0 Å². The average molecular weight is 855 g/mol. The molecule has 3 aromatic heterocycles. The second kappa shape index (κ2) is 12.9. The van der Waals surface area contributed by atoms with Crippen molar-refractivity contribution in [3.05, 3.63) is 88.7 Å². The zero-order chi connectivity index (χ0) is 35.2. The zero-order valence-electron chi connectivity index (χ0n) is 24.1. The Bertz CT molecular complexity index is 2460. The van der Waals surface area contributed by atoms with E-state index < -0.39 is 0 Å². The molecule has 50 heavy (non-hydrogen) atoms. The summed E-state index contributed by atoms with van der Waals surface area (Å²) < 4.78 is 8.19. The van der Waals surface area contributed by atoms with Crippen LogP contribution in [0.5, 0.6) is 0 Å². The van der Waals surface area contributed by atoms with Gasteiger partial charge in [-0.15, -0.1) is 0 Å². The van der Waals surface area contributed by atoms with Gasteiger partial charge in [-0.3, -0.25) is 0 Å². The van der Waals surface area contributed by atoms with Gasteiger partial charge in [0.25, 0.3) is 0 Å². The van der Waals surface area contributed by atoms with Crippen molar-refractivity contribution in [3.8, 4) is 45.6 Å². The van der Waals surface area contributed by atoms with Crippen molar-refractivity contribution < 1.29 is 21.0 Å². The SMILES string of the molecule is Clc1cc2c(cc1Cl)-c1nc-2nc2[n-]c(nc3nc(nc4[n-]c(n1)c1cc(Cl)c(Cl)cc41)-c1cc(Cl)c(Cl)cc1-3)c1cc(Cl)c(Cl)cc21.[O]=[V+2]. The maximum atomic E-state index is 8.19. The molecule has 9 rings (SSSR count). The van der Waals surface area contributed by atoms with Crippen LogP contribution in [0.25, 0.3) is 89.7 Å². The molecule has 4 aromatic carbocycles. The molecule has 0 aliphatic carbocycles. The second-order valence-electron chi connectivity index (χ2n) is 10.7. The predicted molar refractivity (Wildman–Crippen MR) is 195 cm³/mol. The third-order valence-corrected chi connectivity index (χ3v) is 10.8. The summed E-state index contributed by atoms with van der Waals surface area (Å²) in [4.78, 5) is 38.6. The first kappa shape index (κ1) is 34.1. The van der Waals surface area contributed by atoms with Crippen molar-refractivity contribution >= 4 is 137 Å². The van der Waals surface area contributed by atoms with E-state index in [1.165, 1.54) is 0 Å². The summed E-state index contributed by atoms with van der Waals surface area (Å²) in [5.41, 5.74) is 3.38. The molecule has 2 aliphatic heterocycles. The summed E-state index contributed by atoms with van der Waals surface area (Å²) in [6, 6.07) is 13.4. The van der Waals surface area contributed by atoms with Gasteiger partial charge in [0.1, 0.15) is 0 Å². The van der Waals surface area contributed by atoms with Gasteiger partial charge in [-0.25, -0.2) is 9.97 Å². The number of hydrogen-bond acceptors (Lipinski definition) is 7. The Morgan fingerprint density at radius 2 is 0.540 bits per heavy atom. The monoisotopic (exact) mass is 851 g/mol. The van der Waals surface area contributed by atoms with Crippen molar-refractivity contribution in [1.29, 1.82) is 0 Å². The molecule has 0 unspecified atom stereocenters. The van der Waals surface area contributed by atoms with Crippen molar-refractivity contribution in [2.75, 3.05) is 0 Å². The topological polar surface area (TPSA) is 123 Å². The van der Waals surface area contributed by atoms with Crippen LogP contribution < -0.4 is 9.97 Å². The first-order valence-electron chi connectivity index (χ1n) is 13.9. The van der Waals surface area contributed by atoms with Crippen LogP contribution in [0.1, 0.15) is 0 Å². The molecule has 0 saturated carbocycles. The van der Waals surface area contributed by atoms with Crippen LogP contribution in [0, 0.1) is 0 Å². The molecule has 0 saturated heterocycles. The number of halogens is 8. The number of fused-ring (bicyclic) bond motifs is 20. The molecule has 5 heterocycles. The molecule has 8 bridgehead atoms. The van der Waals surface area contributed by atoms with E-state index in [4.69, 9.17) is 136 Å². The van der Waals surface area contributed by atoms with Crippen LogP contribution in [0.4, 0.5) is 0 Å². The number of rotatable bonds is 0. The Kier molecular flexibility index (Phi) is 8.76. The van der Waals surface area contributed by atoms with Crippen molar-refractivity contribution in [3.63, 3.8) is 0 Å². The summed E-state index contributed by atoms with van der Waals surface area (Å²) in [6.07, 6.45) is 0. The Hall–Kier alpha value is -3.06. The van der Waals surface area contributed by atoms with E-state index in [0.717, 1.165) is 17.4 Å². The normalized spacial score (nSPS) is 11.8. The van der Waals surface area contributed by atoms with Gasteiger partial charge < -0.3 is 29.9 Å². The zero-order valence-corrected chi connectivity index (χ0v) is 31.5. The molecular formula is C32H8Cl8N8OV. The fourth-order valence-electron chi connectivity index (χ4n) is 5.63. The van der Waals surface area contributed by atoms with E-state index in [1.54, 1.807) is 48.5 Å². The van der Waals surface area contributed by atoms with E-state index in [-0.39, 0.29) is 45.9 Å². The summed E-state index contributed by atoms with van der Waals surface area (Å²) in [7, 11) is 0. The van der Waals surface area contributed by atoms with Gasteiger partial charge in [0.2, 0.25) is 0 Å². The fraction of sp³-hybridized carbons (Fsp3) is 0. The van der Waals surface area contributed by atoms with Crippen molar-refractivity contribution in [1.82, 2.24) is 39.9 Å². The minimum absolute atomic E-state index is 0.272. The van der Waals surface area contributed by atoms with E-state index in [9.17, 15) is 0 Å². The number of benzene rings is 4. The van der Waals surface area contributed by atoms with Crippen molar-refractivity contribution in [2.24, 2.45) is 0 Å². The third-order valence-electron chi connectivity index (χ3n) is 7.86. The Morgan fingerprint density at radius 1 is 0.340 bits per heavy atom. The molecule has 0 spiro atoms. The van der Waals surface area contributed by atoms with Gasteiger partial charge in [-0.1, -0.05) is 92.8 Å². The first-order chi connectivity index (χ1) is 24.0. The molecule has 0 N–H and O–H groups in total. The molecular weight excluding hydrogens is 847 g/mol. The molecule has 0 fully saturated rings. The van der Waals surface area contributed by atoms with Gasteiger partial charge in [-0.05, 0) is 70.1 Å². The average Bonchev–Trinajstić information content (AvgIpc) is 3.78. The van der Waals surface area contributed by atoms with Crippen LogP contribution in [-0.2, 0) is 21.0 Å². The Morgan fingerprint density at radius 3 is 0.760 bits per heavy atom. The van der Waals surface area contributed by atoms with E-state index >= 15 is 0 Å². The maximum absolute atomic E-state index is 8.19. The minimum atomic E-state index is 0.272. The fourth-order valence-corrected chi connectivity index (χ4v) is 6.94. The quantitative estimate of drug-likeness (QED) is 0.147. The molecule has 9 nitrogen and oxygen atoms in total. The van der Waals surface area contributed by atoms with Crippen molar-refractivity contribution in [2.45, 2.75) is 0 Å². The standard InChI is InChI=1S/C32H8Cl8N8.O.V/c33-17-1-9-10(2-18(17)34)26-41-25(9)45-27-11-3-19(35)20(36)4-12(11)29(42-27)47-31-15-7-23(39)24(40)8-16(15)32(44-31)48-30-14-6-22(38)21(37)5-13(14)28(43-30)46-26;;/h1-8H;;/q-2;;+2. The van der Waals surface area contributed by atoms with Crippen LogP contribution in [0.3, 0.4) is 0 Å². The summed E-state index contributed by atoms with van der Waals surface area (Å²) >= 11 is 52.8. The van der Waals surface area contributed by atoms with Gasteiger partial charge in [0.05, 0.1) is 63.5 Å². The van der Waals surface area contributed by atoms with Gasteiger partial charge in [0, 0.05) is 44.8 Å². The number of hydrogen-bond donors (Lipinski definition) is 0. The summed E-state index contributed by atoms with van der Waals surface area (Å²) in [5.74, 6) is 1.09. The van der Waals surface area contributed by atoms with Crippen LogP contribution in [0.15, 0.2) is 48.5 Å². The van der Waals surface area contributed by atoms with Gasteiger partial charge in [-0.2, -0.15) is 0 Å². The van der Waals surface area contributed by atoms with E-state index in [0.29, 0.717) is 84.0 Å². The third kappa shape index (κ3) is 5.56. The van der Waals surface area contributed by atoms with Crippen LogP contribution in [0.2, 0.25) is 40.2 Å². The Balaban J connectivity index is 0.00000177. The van der Waals surface area contributed by atoms with Crippen LogP contribution in [-0.4, -0.2) is 29.9 Å². The number of aromatic nitrogens is 8. The first-order valence-corrected chi connectivity index (χ1v) is 17.5. The van der Waals surface area contributed by atoms with Crippen LogP contribution >= 0.6 is 92.8 Å². The molecule has 2 aliphatic rings. The molecule has 0 radical (unpaired) electrons. The van der Waals surface area contributed by atoms with Gasteiger partial charge >= 0.3 is 21.0 Å². The molecule has 0 amide bonds. The predicted octanol–water partition coefficient (Wildman–Crippen LogP) is 11.2. The van der Waals surface area contributed by atoms with Gasteiger partial charge in [0.15, 0.2) is 0 Å². The van der Waals surface area contributed by atoms with E-state index in [2.05, 4.69) is 0 Å². The summed E-state index contributed by atoms with van der Waals surface area (Å²) in [5, 5.41) is 4.73. The molecule has 7 aromatic rings.